The second-order valence-corrected chi connectivity index (χ2v) is 5.02. The van der Waals surface area contributed by atoms with Crippen molar-refractivity contribution in [3.63, 3.8) is 0 Å². The second-order valence-electron chi connectivity index (χ2n) is 5.02. The number of nitrogens with zero attached hydrogens (tertiary/aromatic N) is 2. The van der Waals surface area contributed by atoms with E-state index in [1.165, 1.54) is 0 Å². The number of anilines is 1. The monoisotopic (exact) mass is 298 g/mol. The average molecular weight is 298 g/mol. The number of carbonyl (C=O) groups is 1. The Hall–Kier alpha value is -2.78. The van der Waals surface area contributed by atoms with Gasteiger partial charge in [-0.25, -0.2) is 4.79 Å². The van der Waals surface area contributed by atoms with E-state index in [1.54, 1.807) is 30.5 Å². The third kappa shape index (κ3) is 4.11. The standard InChI is InChI=1S/C16H18N4O2/c1-20(2)14(15-4-3-9-22-15)11-18-16(21)19-13-7-5-12(10-17)6-8-13/h3-9,14H,11H2,1-2H3,(H2,18,19,21). The third-order valence-electron chi connectivity index (χ3n) is 3.22. The van der Waals surface area contributed by atoms with Crippen LogP contribution in [0.4, 0.5) is 10.5 Å². The number of furan rings is 1. The van der Waals surface area contributed by atoms with Crippen molar-refractivity contribution in [1.82, 2.24) is 10.2 Å². The lowest BCUT2D eigenvalue weighted by Crippen LogP contribution is -2.36. The van der Waals surface area contributed by atoms with Crippen LogP contribution in [0.1, 0.15) is 17.4 Å². The van der Waals surface area contributed by atoms with Gasteiger partial charge in [-0.1, -0.05) is 0 Å². The highest BCUT2D eigenvalue weighted by atomic mass is 16.3. The van der Waals surface area contributed by atoms with Crippen molar-refractivity contribution in [2.75, 3.05) is 26.0 Å². The van der Waals surface area contributed by atoms with Gasteiger partial charge in [-0.2, -0.15) is 5.26 Å². The normalized spacial score (nSPS) is 11.7. The summed E-state index contributed by atoms with van der Waals surface area (Å²) in [5, 5.41) is 14.3. The lowest BCUT2D eigenvalue weighted by Gasteiger charge is -2.22. The molecule has 2 rings (SSSR count). The average Bonchev–Trinajstić information content (AvgIpc) is 3.02. The van der Waals surface area contributed by atoms with E-state index in [0.717, 1.165) is 5.76 Å². The molecule has 2 amide bonds. The van der Waals surface area contributed by atoms with Gasteiger partial charge < -0.3 is 15.1 Å². The van der Waals surface area contributed by atoms with E-state index in [4.69, 9.17) is 9.68 Å². The first-order chi connectivity index (χ1) is 10.6. The van der Waals surface area contributed by atoms with Crippen LogP contribution in [0.15, 0.2) is 47.1 Å². The van der Waals surface area contributed by atoms with E-state index in [1.807, 2.05) is 37.2 Å². The molecule has 114 valence electrons. The van der Waals surface area contributed by atoms with E-state index in [2.05, 4.69) is 10.6 Å². The molecule has 6 nitrogen and oxygen atoms in total. The minimum Gasteiger partial charge on any atom is -0.468 e. The molecule has 0 spiro atoms. The molecule has 2 aromatic rings. The van der Waals surface area contributed by atoms with Crippen molar-refractivity contribution in [3.8, 4) is 6.07 Å². The molecule has 22 heavy (non-hydrogen) atoms. The highest BCUT2D eigenvalue weighted by molar-refractivity contribution is 5.89. The van der Waals surface area contributed by atoms with Gasteiger partial charge in [0.05, 0.1) is 23.9 Å². The second kappa shape index (κ2) is 7.29. The topological polar surface area (TPSA) is 81.3 Å². The molecule has 6 heteroatoms. The Morgan fingerprint density at radius 1 is 1.32 bits per heavy atom. The number of amides is 2. The van der Waals surface area contributed by atoms with E-state index >= 15 is 0 Å². The smallest absolute Gasteiger partial charge is 0.319 e. The number of nitriles is 1. The number of carbonyl (C=O) groups excluding carboxylic acids is 1. The lowest BCUT2D eigenvalue weighted by molar-refractivity contribution is 0.233. The van der Waals surface area contributed by atoms with Gasteiger partial charge in [-0.3, -0.25) is 4.90 Å². The van der Waals surface area contributed by atoms with Gasteiger partial charge in [0.15, 0.2) is 0 Å². The molecule has 0 radical (unpaired) electrons. The van der Waals surface area contributed by atoms with E-state index in [-0.39, 0.29) is 12.1 Å². The predicted molar refractivity (Wildman–Crippen MR) is 83.3 cm³/mol. The molecular weight excluding hydrogens is 280 g/mol. The van der Waals surface area contributed by atoms with Crippen LogP contribution in [-0.2, 0) is 0 Å². The zero-order valence-corrected chi connectivity index (χ0v) is 12.5. The van der Waals surface area contributed by atoms with Crippen molar-refractivity contribution in [1.29, 1.82) is 5.26 Å². The van der Waals surface area contributed by atoms with E-state index in [0.29, 0.717) is 17.8 Å². The summed E-state index contributed by atoms with van der Waals surface area (Å²) in [6.07, 6.45) is 1.61. The molecule has 1 heterocycles. The number of nitrogens with one attached hydrogen (secondary N) is 2. The molecule has 0 aliphatic rings. The zero-order chi connectivity index (χ0) is 15.9. The molecule has 1 atom stereocenters. The lowest BCUT2D eigenvalue weighted by atomic mass is 10.2. The summed E-state index contributed by atoms with van der Waals surface area (Å²) >= 11 is 0. The number of hydrogen-bond donors (Lipinski definition) is 2. The largest absolute Gasteiger partial charge is 0.468 e. The van der Waals surface area contributed by atoms with Crippen LogP contribution in [0, 0.1) is 11.3 Å². The van der Waals surface area contributed by atoms with Gasteiger partial charge in [-0.05, 0) is 50.5 Å². The summed E-state index contributed by atoms with van der Waals surface area (Å²) in [7, 11) is 3.85. The highest BCUT2D eigenvalue weighted by Gasteiger charge is 2.17. The maximum Gasteiger partial charge on any atom is 0.319 e. The molecule has 1 aromatic carbocycles. The SMILES string of the molecule is CN(C)C(CNC(=O)Nc1ccc(C#N)cc1)c1ccco1. The Balaban J connectivity index is 1.89. The Labute approximate surface area is 129 Å². The minimum atomic E-state index is -0.303. The molecule has 0 saturated carbocycles. The van der Waals surface area contributed by atoms with Gasteiger partial charge in [0.2, 0.25) is 0 Å². The van der Waals surface area contributed by atoms with Crippen LogP contribution in [0.5, 0.6) is 0 Å². The van der Waals surface area contributed by atoms with Crippen LogP contribution in [0.25, 0.3) is 0 Å². The summed E-state index contributed by atoms with van der Waals surface area (Å²) < 4.78 is 5.39. The molecule has 1 unspecified atom stereocenters. The van der Waals surface area contributed by atoms with Crippen LogP contribution < -0.4 is 10.6 Å². The maximum absolute atomic E-state index is 11.9. The Morgan fingerprint density at radius 3 is 2.59 bits per heavy atom. The molecule has 0 fully saturated rings. The van der Waals surface area contributed by atoms with Crippen molar-refractivity contribution in [3.05, 3.63) is 54.0 Å². The van der Waals surface area contributed by atoms with Gasteiger partial charge in [0, 0.05) is 12.2 Å². The Morgan fingerprint density at radius 2 is 2.05 bits per heavy atom. The van der Waals surface area contributed by atoms with Crippen LogP contribution in [0.2, 0.25) is 0 Å². The number of benzene rings is 1. The number of hydrogen-bond acceptors (Lipinski definition) is 4. The van der Waals surface area contributed by atoms with Crippen molar-refractivity contribution < 1.29 is 9.21 Å². The summed E-state index contributed by atoms with van der Waals surface area (Å²) in [4.78, 5) is 13.9. The molecular formula is C16H18N4O2. The molecule has 2 N–H and O–H groups in total. The van der Waals surface area contributed by atoms with Crippen molar-refractivity contribution in [2.24, 2.45) is 0 Å². The zero-order valence-electron chi connectivity index (χ0n) is 12.5. The van der Waals surface area contributed by atoms with Crippen LogP contribution in [-0.4, -0.2) is 31.6 Å². The first-order valence-electron chi connectivity index (χ1n) is 6.85. The van der Waals surface area contributed by atoms with Crippen LogP contribution >= 0.6 is 0 Å². The first kappa shape index (κ1) is 15.6. The molecule has 1 aromatic heterocycles. The van der Waals surface area contributed by atoms with Gasteiger partial charge in [0.25, 0.3) is 0 Å². The Bertz CT molecular complexity index is 642. The van der Waals surface area contributed by atoms with Gasteiger partial charge in [-0.15, -0.1) is 0 Å². The van der Waals surface area contributed by atoms with E-state index in [9.17, 15) is 4.79 Å². The predicted octanol–water partition coefficient (Wildman–Crippen LogP) is 2.58. The fraction of sp³-hybridized carbons (Fsp3) is 0.250. The minimum absolute atomic E-state index is 0.0401. The summed E-state index contributed by atoms with van der Waals surface area (Å²) in [5.74, 6) is 0.795. The third-order valence-corrected chi connectivity index (χ3v) is 3.22. The van der Waals surface area contributed by atoms with Gasteiger partial charge >= 0.3 is 6.03 Å². The fourth-order valence-corrected chi connectivity index (χ4v) is 2.01. The highest BCUT2D eigenvalue weighted by Crippen LogP contribution is 2.17. The van der Waals surface area contributed by atoms with Crippen molar-refractivity contribution in [2.45, 2.75) is 6.04 Å². The fourth-order valence-electron chi connectivity index (χ4n) is 2.01. The molecule has 0 saturated heterocycles. The Kier molecular flexibility index (Phi) is 5.17. The molecule has 0 aliphatic carbocycles. The van der Waals surface area contributed by atoms with Gasteiger partial charge in [0.1, 0.15) is 5.76 Å². The quantitative estimate of drug-likeness (QED) is 0.889. The number of rotatable bonds is 5. The van der Waals surface area contributed by atoms with Crippen molar-refractivity contribution >= 4 is 11.7 Å². The van der Waals surface area contributed by atoms with Crippen LogP contribution in [0.3, 0.4) is 0 Å². The summed E-state index contributed by atoms with van der Waals surface area (Å²) in [5.41, 5.74) is 1.19. The number of urea groups is 1. The summed E-state index contributed by atoms with van der Waals surface area (Å²) in [6, 6.07) is 12.1. The molecule has 0 aliphatic heterocycles. The van der Waals surface area contributed by atoms with E-state index < -0.39 is 0 Å². The molecule has 0 bridgehead atoms. The first-order valence-corrected chi connectivity index (χ1v) is 6.85. The maximum atomic E-state index is 11.9. The number of likely N-dealkylation sites (N-methyl/N-ethyl adjacent to an activating group) is 1. The summed E-state index contributed by atoms with van der Waals surface area (Å²) in [6.45, 7) is 0.419.